The third-order valence-corrected chi connectivity index (χ3v) is 5.07. The van der Waals surface area contributed by atoms with Gasteiger partial charge in [-0.15, -0.1) is 0 Å². The van der Waals surface area contributed by atoms with Crippen molar-refractivity contribution in [1.82, 2.24) is 19.9 Å². The minimum absolute atomic E-state index is 0.177. The topological polar surface area (TPSA) is 62.2 Å². The minimum Gasteiger partial charge on any atom is -0.308 e. The zero-order valence-corrected chi connectivity index (χ0v) is 15.7. The molecule has 0 atom stereocenters. The number of fused-ring (bicyclic) bond motifs is 1. The Labute approximate surface area is 151 Å². The van der Waals surface area contributed by atoms with E-state index in [1.807, 2.05) is 19.0 Å². The zero-order valence-electron chi connectivity index (χ0n) is 14.9. The first kappa shape index (κ1) is 17.4. The van der Waals surface area contributed by atoms with Gasteiger partial charge in [-0.05, 0) is 45.1 Å². The standard InChI is InChI=1S/C18H21N5OS/c1-12-9-13(2)16-14(10-12)21-18(25-16)23(8-7-22(3)4)17(24)15-11-19-5-6-20-15/h5-6,9-11H,7-8H2,1-4H3. The average molecular weight is 355 g/mol. The van der Waals surface area contributed by atoms with Gasteiger partial charge in [0.25, 0.3) is 5.91 Å². The summed E-state index contributed by atoms with van der Waals surface area (Å²) in [6, 6.07) is 4.19. The molecular weight excluding hydrogens is 334 g/mol. The second-order valence-corrected chi connectivity index (χ2v) is 7.25. The molecule has 0 aliphatic rings. The second-order valence-electron chi connectivity index (χ2n) is 6.28. The molecule has 3 rings (SSSR count). The van der Waals surface area contributed by atoms with Gasteiger partial charge in [0.2, 0.25) is 0 Å². The molecule has 0 aliphatic carbocycles. The SMILES string of the molecule is Cc1cc(C)c2sc(N(CCN(C)C)C(=O)c3cnccn3)nc2c1. The summed E-state index contributed by atoms with van der Waals surface area (Å²) in [5.41, 5.74) is 3.60. The van der Waals surface area contributed by atoms with E-state index in [4.69, 9.17) is 4.98 Å². The van der Waals surface area contributed by atoms with Crippen molar-refractivity contribution in [3.8, 4) is 0 Å². The van der Waals surface area contributed by atoms with Crippen LogP contribution < -0.4 is 4.90 Å². The Bertz CT molecular complexity index is 891. The van der Waals surface area contributed by atoms with Crippen LogP contribution in [0.15, 0.2) is 30.7 Å². The van der Waals surface area contributed by atoms with E-state index in [0.717, 1.165) is 16.8 Å². The summed E-state index contributed by atoms with van der Waals surface area (Å²) in [6.07, 6.45) is 4.59. The largest absolute Gasteiger partial charge is 0.308 e. The van der Waals surface area contributed by atoms with Crippen molar-refractivity contribution < 1.29 is 4.79 Å². The van der Waals surface area contributed by atoms with Crippen LogP contribution in [-0.4, -0.2) is 52.9 Å². The lowest BCUT2D eigenvalue weighted by Crippen LogP contribution is -2.37. The van der Waals surface area contributed by atoms with Crippen molar-refractivity contribution in [2.75, 3.05) is 32.1 Å². The predicted molar refractivity (Wildman–Crippen MR) is 101 cm³/mol. The second kappa shape index (κ2) is 7.25. The third kappa shape index (κ3) is 3.83. The summed E-state index contributed by atoms with van der Waals surface area (Å²) < 4.78 is 1.11. The summed E-state index contributed by atoms with van der Waals surface area (Å²) in [6.45, 7) is 5.41. The van der Waals surface area contributed by atoms with Crippen molar-refractivity contribution in [2.45, 2.75) is 13.8 Å². The molecule has 1 amide bonds. The molecular formula is C18H21N5OS. The Hall–Kier alpha value is -2.38. The minimum atomic E-state index is -0.177. The van der Waals surface area contributed by atoms with Crippen molar-refractivity contribution in [3.63, 3.8) is 0 Å². The van der Waals surface area contributed by atoms with Gasteiger partial charge in [-0.25, -0.2) is 9.97 Å². The average Bonchev–Trinajstić information content (AvgIpc) is 2.99. The number of hydrogen-bond acceptors (Lipinski definition) is 6. The number of amides is 1. The van der Waals surface area contributed by atoms with E-state index in [1.54, 1.807) is 22.4 Å². The highest BCUT2D eigenvalue weighted by Gasteiger charge is 2.23. The smallest absolute Gasteiger partial charge is 0.280 e. The van der Waals surface area contributed by atoms with Gasteiger partial charge >= 0.3 is 0 Å². The van der Waals surface area contributed by atoms with Crippen molar-refractivity contribution in [1.29, 1.82) is 0 Å². The third-order valence-electron chi connectivity index (χ3n) is 3.84. The van der Waals surface area contributed by atoms with Gasteiger partial charge in [-0.1, -0.05) is 17.4 Å². The van der Waals surface area contributed by atoms with E-state index in [0.29, 0.717) is 17.4 Å². The Kier molecular flexibility index (Phi) is 5.06. The molecule has 3 aromatic rings. The zero-order chi connectivity index (χ0) is 18.0. The Morgan fingerprint density at radius 1 is 1.16 bits per heavy atom. The van der Waals surface area contributed by atoms with E-state index in [2.05, 4.69) is 35.9 Å². The lowest BCUT2D eigenvalue weighted by molar-refractivity contribution is 0.0980. The van der Waals surface area contributed by atoms with Gasteiger partial charge in [0.1, 0.15) is 5.69 Å². The molecule has 0 spiro atoms. The number of rotatable bonds is 5. The van der Waals surface area contributed by atoms with Gasteiger partial charge in [0, 0.05) is 25.5 Å². The summed E-state index contributed by atoms with van der Waals surface area (Å²) in [4.78, 5) is 29.6. The van der Waals surface area contributed by atoms with Crippen LogP contribution in [0.4, 0.5) is 5.13 Å². The number of carbonyl (C=O) groups is 1. The maximum Gasteiger partial charge on any atom is 0.280 e. The van der Waals surface area contributed by atoms with Crippen LogP contribution in [0.5, 0.6) is 0 Å². The molecule has 0 aliphatic heterocycles. The molecule has 7 heteroatoms. The Morgan fingerprint density at radius 2 is 1.96 bits per heavy atom. The molecule has 0 radical (unpaired) electrons. The summed E-state index contributed by atoms with van der Waals surface area (Å²) in [5.74, 6) is -0.177. The van der Waals surface area contributed by atoms with Crippen LogP contribution in [-0.2, 0) is 0 Å². The number of hydrogen-bond donors (Lipinski definition) is 0. The Morgan fingerprint density at radius 3 is 2.64 bits per heavy atom. The molecule has 6 nitrogen and oxygen atoms in total. The number of anilines is 1. The lowest BCUT2D eigenvalue weighted by Gasteiger charge is -2.21. The van der Waals surface area contributed by atoms with E-state index in [9.17, 15) is 4.79 Å². The maximum atomic E-state index is 13.0. The highest BCUT2D eigenvalue weighted by atomic mass is 32.1. The maximum absolute atomic E-state index is 13.0. The fourth-order valence-electron chi connectivity index (χ4n) is 2.61. The fourth-order valence-corrected chi connectivity index (χ4v) is 3.65. The first-order chi connectivity index (χ1) is 12.0. The van der Waals surface area contributed by atoms with Crippen LogP contribution >= 0.6 is 11.3 Å². The van der Waals surface area contributed by atoms with Crippen LogP contribution in [0.2, 0.25) is 0 Å². The summed E-state index contributed by atoms with van der Waals surface area (Å²) >= 11 is 1.54. The van der Waals surface area contributed by atoms with E-state index >= 15 is 0 Å². The van der Waals surface area contributed by atoms with Crippen molar-refractivity contribution >= 4 is 32.6 Å². The molecule has 0 fully saturated rings. The number of aryl methyl sites for hydroxylation is 2. The van der Waals surface area contributed by atoms with Crippen LogP contribution in [0.25, 0.3) is 10.2 Å². The number of likely N-dealkylation sites (N-methyl/N-ethyl adjacent to an activating group) is 1. The first-order valence-electron chi connectivity index (χ1n) is 8.06. The number of carbonyl (C=O) groups excluding carboxylic acids is 1. The summed E-state index contributed by atoms with van der Waals surface area (Å²) in [7, 11) is 3.97. The van der Waals surface area contributed by atoms with Gasteiger partial charge < -0.3 is 4.90 Å². The molecule has 0 N–H and O–H groups in total. The van der Waals surface area contributed by atoms with Gasteiger partial charge in [-0.2, -0.15) is 0 Å². The van der Waals surface area contributed by atoms with Gasteiger partial charge in [-0.3, -0.25) is 14.7 Å². The first-order valence-corrected chi connectivity index (χ1v) is 8.88. The molecule has 0 saturated carbocycles. The van der Waals surface area contributed by atoms with E-state index in [-0.39, 0.29) is 5.91 Å². The number of thiazole rings is 1. The normalized spacial score (nSPS) is 11.2. The number of benzene rings is 1. The Balaban J connectivity index is 2.02. The molecule has 2 aromatic heterocycles. The fraction of sp³-hybridized carbons (Fsp3) is 0.333. The molecule has 0 bridgehead atoms. The van der Waals surface area contributed by atoms with Gasteiger partial charge in [0.15, 0.2) is 5.13 Å². The van der Waals surface area contributed by atoms with Crippen molar-refractivity contribution in [2.24, 2.45) is 0 Å². The summed E-state index contributed by atoms with van der Waals surface area (Å²) in [5, 5.41) is 0.696. The quantitative estimate of drug-likeness (QED) is 0.704. The molecule has 0 saturated heterocycles. The molecule has 1 aromatic carbocycles. The molecule has 25 heavy (non-hydrogen) atoms. The highest BCUT2D eigenvalue weighted by Crippen LogP contribution is 2.32. The van der Waals surface area contributed by atoms with Crippen molar-refractivity contribution in [3.05, 3.63) is 47.5 Å². The molecule has 130 valence electrons. The lowest BCUT2D eigenvalue weighted by atomic mass is 10.1. The predicted octanol–water partition coefficient (Wildman–Crippen LogP) is 2.91. The van der Waals surface area contributed by atoms with E-state index < -0.39 is 0 Å². The number of nitrogens with zero attached hydrogens (tertiary/aromatic N) is 5. The van der Waals surface area contributed by atoms with Crippen LogP contribution in [0, 0.1) is 13.8 Å². The number of aromatic nitrogens is 3. The molecule has 0 unspecified atom stereocenters. The van der Waals surface area contributed by atoms with Crippen LogP contribution in [0.1, 0.15) is 21.6 Å². The van der Waals surface area contributed by atoms with E-state index in [1.165, 1.54) is 23.5 Å². The monoisotopic (exact) mass is 355 g/mol. The van der Waals surface area contributed by atoms with Crippen LogP contribution in [0.3, 0.4) is 0 Å². The molecule has 2 heterocycles. The highest BCUT2D eigenvalue weighted by molar-refractivity contribution is 7.22. The van der Waals surface area contributed by atoms with Gasteiger partial charge in [0.05, 0.1) is 16.4 Å².